The molecule has 1 rings (SSSR count). The highest BCUT2D eigenvalue weighted by atomic mass is 16.6. The van der Waals surface area contributed by atoms with Gasteiger partial charge >= 0.3 is 11.9 Å². The Morgan fingerprint density at radius 1 is 0.778 bits per heavy atom. The molecule has 0 amide bonds. The summed E-state index contributed by atoms with van der Waals surface area (Å²) < 4.78 is 20.6. The van der Waals surface area contributed by atoms with Gasteiger partial charge in [0.05, 0.1) is 24.3 Å². The van der Waals surface area contributed by atoms with Gasteiger partial charge in [0.2, 0.25) is 0 Å². The molecule has 0 saturated carbocycles. The van der Waals surface area contributed by atoms with E-state index in [1.165, 1.54) is 19.9 Å². The number of rotatable bonds is 10. The summed E-state index contributed by atoms with van der Waals surface area (Å²) in [4.78, 5) is 47.2. The molecule has 0 radical (unpaired) electrons. The first-order valence-electron chi connectivity index (χ1n) is 8.49. The zero-order valence-corrected chi connectivity index (χ0v) is 16.2. The van der Waals surface area contributed by atoms with Crippen LogP contribution in [0.2, 0.25) is 0 Å². The summed E-state index contributed by atoms with van der Waals surface area (Å²) >= 11 is 0. The molecule has 1 aromatic carbocycles. The van der Waals surface area contributed by atoms with E-state index in [1.54, 1.807) is 20.8 Å². The molecular formula is C19H24O8. The Balaban J connectivity index is 3.32. The lowest BCUT2D eigenvalue weighted by Gasteiger charge is -2.18. The molecule has 148 valence electrons. The van der Waals surface area contributed by atoms with Crippen molar-refractivity contribution < 1.29 is 38.1 Å². The van der Waals surface area contributed by atoms with Gasteiger partial charge in [0.1, 0.15) is 11.5 Å². The number of esters is 2. The number of carbonyl (C=O) groups is 4. The van der Waals surface area contributed by atoms with E-state index in [9.17, 15) is 19.2 Å². The van der Waals surface area contributed by atoms with Crippen LogP contribution in [0.4, 0.5) is 0 Å². The maximum absolute atomic E-state index is 12.0. The van der Waals surface area contributed by atoms with Crippen molar-refractivity contribution in [2.75, 3.05) is 26.4 Å². The second kappa shape index (κ2) is 10.3. The molecular weight excluding hydrogens is 356 g/mol. The number of hydrogen-bond acceptors (Lipinski definition) is 8. The second-order valence-electron chi connectivity index (χ2n) is 5.55. The third-order valence-electron chi connectivity index (χ3n) is 3.50. The van der Waals surface area contributed by atoms with Crippen LogP contribution in [-0.4, -0.2) is 49.9 Å². The van der Waals surface area contributed by atoms with E-state index in [0.717, 1.165) is 0 Å². The van der Waals surface area contributed by atoms with Crippen molar-refractivity contribution in [1.82, 2.24) is 0 Å². The monoisotopic (exact) mass is 380 g/mol. The highest BCUT2D eigenvalue weighted by Crippen LogP contribution is 2.36. The van der Waals surface area contributed by atoms with Crippen molar-refractivity contribution in [3.63, 3.8) is 0 Å². The molecule has 0 heterocycles. The van der Waals surface area contributed by atoms with Gasteiger partial charge in [-0.25, -0.2) is 9.59 Å². The van der Waals surface area contributed by atoms with Gasteiger partial charge in [0.25, 0.3) is 0 Å². The van der Waals surface area contributed by atoms with E-state index in [4.69, 9.17) is 18.9 Å². The predicted octanol–water partition coefficient (Wildman–Crippen LogP) is 2.28. The molecule has 8 heteroatoms. The maximum atomic E-state index is 12.0. The van der Waals surface area contributed by atoms with Gasteiger partial charge in [-0.05, 0) is 40.7 Å². The summed E-state index contributed by atoms with van der Waals surface area (Å²) in [5, 5.41) is 0. The Morgan fingerprint density at radius 3 is 1.44 bits per heavy atom. The molecule has 0 bridgehead atoms. The fraction of sp³-hybridized carbons (Fsp3) is 0.474. The minimum Gasteiger partial charge on any atom is -0.481 e. The van der Waals surface area contributed by atoms with Gasteiger partial charge in [-0.1, -0.05) is 0 Å². The first kappa shape index (κ1) is 22.1. The van der Waals surface area contributed by atoms with Crippen LogP contribution >= 0.6 is 0 Å². The lowest BCUT2D eigenvalue weighted by molar-refractivity contribution is -0.146. The van der Waals surface area contributed by atoms with Gasteiger partial charge in [-0.15, -0.1) is 0 Å². The maximum Gasteiger partial charge on any atom is 0.344 e. The van der Waals surface area contributed by atoms with Crippen molar-refractivity contribution in [2.24, 2.45) is 0 Å². The third-order valence-corrected chi connectivity index (χ3v) is 3.50. The smallest absolute Gasteiger partial charge is 0.344 e. The quantitative estimate of drug-likeness (QED) is 0.450. The average molecular weight is 380 g/mol. The fourth-order valence-electron chi connectivity index (χ4n) is 2.35. The minimum absolute atomic E-state index is 0.0967. The Hall–Kier alpha value is -2.90. The van der Waals surface area contributed by atoms with Gasteiger partial charge in [0, 0.05) is 5.56 Å². The van der Waals surface area contributed by atoms with Gasteiger partial charge in [-0.2, -0.15) is 0 Å². The van der Waals surface area contributed by atoms with Crippen molar-refractivity contribution in [2.45, 2.75) is 34.6 Å². The largest absolute Gasteiger partial charge is 0.481 e. The molecule has 27 heavy (non-hydrogen) atoms. The topological polar surface area (TPSA) is 105 Å². The molecule has 0 aliphatic rings. The molecule has 8 nitrogen and oxygen atoms in total. The van der Waals surface area contributed by atoms with Crippen LogP contribution in [-0.2, 0) is 19.1 Å². The number of Topliss-reactive ketones (excluding diaryl/α,β-unsaturated/α-hetero) is 2. The van der Waals surface area contributed by atoms with E-state index >= 15 is 0 Å². The first-order chi connectivity index (χ1) is 12.7. The van der Waals surface area contributed by atoms with Gasteiger partial charge < -0.3 is 18.9 Å². The zero-order chi connectivity index (χ0) is 20.6. The van der Waals surface area contributed by atoms with E-state index < -0.39 is 25.2 Å². The molecule has 0 saturated heterocycles. The normalized spacial score (nSPS) is 10.1. The molecule has 0 aromatic heterocycles. The summed E-state index contributed by atoms with van der Waals surface area (Å²) in [5.74, 6) is -1.71. The predicted molar refractivity (Wildman–Crippen MR) is 95.4 cm³/mol. The fourth-order valence-corrected chi connectivity index (χ4v) is 2.35. The van der Waals surface area contributed by atoms with E-state index in [-0.39, 0.29) is 47.4 Å². The van der Waals surface area contributed by atoms with Crippen molar-refractivity contribution in [3.8, 4) is 11.5 Å². The Morgan fingerprint density at radius 2 is 1.15 bits per heavy atom. The second-order valence-corrected chi connectivity index (χ2v) is 5.55. The molecule has 0 spiro atoms. The van der Waals surface area contributed by atoms with Crippen LogP contribution in [0.1, 0.15) is 54.0 Å². The minimum atomic E-state index is -0.601. The lowest BCUT2D eigenvalue weighted by Crippen LogP contribution is -2.19. The lowest BCUT2D eigenvalue weighted by atomic mass is 9.98. The number of hydrogen-bond donors (Lipinski definition) is 0. The van der Waals surface area contributed by atoms with Gasteiger partial charge in [-0.3, -0.25) is 9.59 Å². The molecule has 0 aliphatic carbocycles. The average Bonchev–Trinajstić information content (AvgIpc) is 2.59. The van der Waals surface area contributed by atoms with Crippen molar-refractivity contribution in [1.29, 1.82) is 0 Å². The molecule has 0 fully saturated rings. The third kappa shape index (κ3) is 6.09. The zero-order valence-electron chi connectivity index (χ0n) is 16.2. The standard InChI is InChI=1S/C19H24O8/c1-6-24-16(22)9-26-18-11(3)19(27-10-17(23)25-7-2)15(13(5)21)8-14(18)12(4)20/h8H,6-7,9-10H2,1-5H3. The van der Waals surface area contributed by atoms with Crippen molar-refractivity contribution >= 4 is 23.5 Å². The molecule has 0 atom stereocenters. The first-order valence-corrected chi connectivity index (χ1v) is 8.49. The molecule has 0 N–H and O–H groups in total. The number of benzene rings is 1. The number of ether oxygens (including phenoxy) is 4. The van der Waals surface area contributed by atoms with Gasteiger partial charge in [0.15, 0.2) is 24.8 Å². The van der Waals surface area contributed by atoms with Crippen molar-refractivity contribution in [3.05, 3.63) is 22.8 Å². The Labute approximate surface area is 157 Å². The molecule has 0 unspecified atom stereocenters. The highest BCUT2D eigenvalue weighted by Gasteiger charge is 2.23. The Kier molecular flexibility index (Phi) is 8.44. The Bertz CT molecular complexity index is 677. The van der Waals surface area contributed by atoms with Crippen LogP contribution in [0.15, 0.2) is 6.07 Å². The van der Waals surface area contributed by atoms with Crippen LogP contribution in [0.25, 0.3) is 0 Å². The SMILES string of the molecule is CCOC(=O)COc1c(C(C)=O)cc(C(C)=O)c(OCC(=O)OCC)c1C. The summed E-state index contributed by atoms with van der Waals surface area (Å²) in [5.41, 5.74) is 0.581. The van der Waals surface area contributed by atoms with Crippen LogP contribution in [0, 0.1) is 6.92 Å². The number of ketones is 2. The van der Waals surface area contributed by atoms with Crippen LogP contribution in [0.5, 0.6) is 11.5 Å². The van der Waals surface area contributed by atoms with E-state index in [2.05, 4.69) is 0 Å². The summed E-state index contributed by atoms with van der Waals surface area (Å²) in [6.07, 6.45) is 0. The highest BCUT2D eigenvalue weighted by molar-refractivity contribution is 6.04. The molecule has 1 aromatic rings. The summed E-state index contributed by atoms with van der Waals surface area (Å²) in [6.45, 7) is 7.08. The van der Waals surface area contributed by atoms with E-state index in [0.29, 0.717) is 5.56 Å². The van der Waals surface area contributed by atoms with Crippen LogP contribution in [0.3, 0.4) is 0 Å². The molecule has 0 aliphatic heterocycles. The summed E-state index contributed by atoms with van der Waals surface area (Å²) in [7, 11) is 0. The number of carbonyl (C=O) groups excluding carboxylic acids is 4. The van der Waals surface area contributed by atoms with E-state index in [1.807, 2.05) is 0 Å². The summed E-state index contributed by atoms with van der Waals surface area (Å²) in [6, 6.07) is 1.33. The van der Waals surface area contributed by atoms with Crippen LogP contribution < -0.4 is 9.47 Å².